The number of hydrogen-bond donors (Lipinski definition) is 0. The van der Waals surface area contributed by atoms with E-state index in [1.165, 1.54) is 0 Å². The van der Waals surface area contributed by atoms with Crippen LogP contribution in [-0.4, -0.2) is 23.1 Å². The van der Waals surface area contributed by atoms with Crippen LogP contribution in [0.3, 0.4) is 0 Å². The van der Waals surface area contributed by atoms with Gasteiger partial charge in [-0.1, -0.05) is 145 Å². The molecule has 0 N–H and O–H groups in total. The Bertz CT molecular complexity index is 2340. The smallest absolute Gasteiger partial charge is 0.198 e. The first-order valence-corrected chi connectivity index (χ1v) is 16.7. The third-order valence-corrected chi connectivity index (χ3v) is 9.42. The molecule has 0 aliphatic heterocycles. The number of fused-ring (bicyclic) bond motifs is 4. The molecule has 0 fully saturated rings. The zero-order valence-electron chi connectivity index (χ0n) is 27.9. The molecule has 0 unspecified atom stereocenters. The van der Waals surface area contributed by atoms with Gasteiger partial charge >= 0.3 is 0 Å². The van der Waals surface area contributed by atoms with Crippen LogP contribution in [0.1, 0.15) is 97.1 Å². The fourth-order valence-electron chi connectivity index (χ4n) is 6.66. The highest BCUT2D eigenvalue weighted by Gasteiger charge is 2.37. The fraction of sp³-hybridized carbons (Fsp3) is 0.0435. The van der Waals surface area contributed by atoms with Crippen molar-refractivity contribution in [3.8, 4) is 11.5 Å². The molecule has 0 atom stereocenters. The van der Waals surface area contributed by atoms with E-state index in [9.17, 15) is 19.2 Å². The molecule has 0 bridgehead atoms. The number of carbonyl (C=O) groups is 4. The van der Waals surface area contributed by atoms with E-state index >= 15 is 0 Å². The molecule has 6 aromatic rings. The summed E-state index contributed by atoms with van der Waals surface area (Å²) in [6.07, 6.45) is 7.47. The van der Waals surface area contributed by atoms with Crippen molar-refractivity contribution >= 4 is 47.4 Å². The second-order valence-electron chi connectivity index (χ2n) is 12.8. The highest BCUT2D eigenvalue weighted by Crippen LogP contribution is 2.44. The van der Waals surface area contributed by atoms with Crippen molar-refractivity contribution in [1.29, 1.82) is 0 Å². The Labute approximate surface area is 295 Å². The van der Waals surface area contributed by atoms with Crippen molar-refractivity contribution in [2.75, 3.05) is 0 Å². The van der Waals surface area contributed by atoms with Gasteiger partial charge in [0.05, 0.1) is 11.1 Å². The molecular formula is C46H30O5. The minimum Gasteiger partial charge on any atom is -0.454 e. The number of benzene rings is 6. The van der Waals surface area contributed by atoms with Crippen molar-refractivity contribution in [2.45, 2.75) is 13.8 Å². The van der Waals surface area contributed by atoms with Gasteiger partial charge in [-0.15, -0.1) is 0 Å². The number of rotatable bonds is 6. The van der Waals surface area contributed by atoms with Gasteiger partial charge in [-0.3, -0.25) is 19.2 Å². The number of aryl methyl sites for hydroxylation is 2. The first-order chi connectivity index (χ1) is 24.8. The summed E-state index contributed by atoms with van der Waals surface area (Å²) < 4.78 is 6.87. The molecule has 2 aliphatic carbocycles. The molecule has 0 heterocycles. The minimum atomic E-state index is -0.366. The van der Waals surface area contributed by atoms with Crippen LogP contribution in [0.4, 0.5) is 0 Å². The molecule has 0 saturated carbocycles. The van der Waals surface area contributed by atoms with Gasteiger partial charge in [-0.2, -0.15) is 0 Å². The van der Waals surface area contributed by atoms with Crippen LogP contribution in [-0.2, 0) is 0 Å². The van der Waals surface area contributed by atoms with Crippen LogP contribution in [0.5, 0.6) is 11.5 Å². The van der Waals surface area contributed by atoms with E-state index in [2.05, 4.69) is 0 Å². The van der Waals surface area contributed by atoms with Gasteiger partial charge in [0.15, 0.2) is 23.1 Å². The lowest BCUT2D eigenvalue weighted by Crippen LogP contribution is -2.23. The number of ether oxygens (including phenoxy) is 1. The normalized spacial score (nSPS) is 13.3. The number of carbonyl (C=O) groups excluding carboxylic acids is 4. The molecule has 0 aromatic heterocycles. The fourth-order valence-corrected chi connectivity index (χ4v) is 6.66. The summed E-state index contributed by atoms with van der Waals surface area (Å²) in [4.78, 5) is 56.4. The molecule has 6 aromatic carbocycles. The van der Waals surface area contributed by atoms with Gasteiger partial charge in [0, 0.05) is 44.5 Å². The lowest BCUT2D eigenvalue weighted by atomic mass is 9.81. The number of ketones is 4. The van der Waals surface area contributed by atoms with E-state index in [0.29, 0.717) is 22.3 Å². The summed E-state index contributed by atoms with van der Waals surface area (Å²) in [6, 6.07) is 36.2. The van der Waals surface area contributed by atoms with Gasteiger partial charge in [-0.05, 0) is 37.1 Å². The van der Waals surface area contributed by atoms with E-state index < -0.39 is 0 Å². The first-order valence-electron chi connectivity index (χ1n) is 16.7. The highest BCUT2D eigenvalue weighted by atomic mass is 16.5. The molecule has 0 radical (unpaired) electrons. The Morgan fingerprint density at radius 2 is 0.725 bits per heavy atom. The Morgan fingerprint density at radius 3 is 1.10 bits per heavy atom. The zero-order chi connectivity index (χ0) is 35.2. The Hall–Kier alpha value is -6.72. The van der Waals surface area contributed by atoms with Crippen LogP contribution in [0.2, 0.25) is 0 Å². The summed E-state index contributed by atoms with van der Waals surface area (Å²) in [5.74, 6) is -1.07. The topological polar surface area (TPSA) is 77.5 Å². The predicted molar refractivity (Wildman–Crippen MR) is 200 cm³/mol. The van der Waals surface area contributed by atoms with E-state index in [4.69, 9.17) is 4.74 Å². The van der Waals surface area contributed by atoms with Gasteiger partial charge < -0.3 is 4.74 Å². The third kappa shape index (κ3) is 5.55. The molecule has 0 spiro atoms. The van der Waals surface area contributed by atoms with Crippen molar-refractivity contribution in [3.63, 3.8) is 0 Å². The summed E-state index contributed by atoms with van der Waals surface area (Å²) in [6.45, 7) is 4.03. The lowest BCUT2D eigenvalue weighted by molar-refractivity contribution is 0.0974. The van der Waals surface area contributed by atoms with Crippen LogP contribution >= 0.6 is 0 Å². The second kappa shape index (κ2) is 12.6. The van der Waals surface area contributed by atoms with Crippen molar-refractivity contribution in [2.24, 2.45) is 0 Å². The SMILES string of the molecule is Cc1ccc(C=Cc2ccc3c(c2Oc2c(C=Cc4ccc(C)cc4)ccc4c2C(=O)c2ccccc2C4=O)C(=O)c2ccccc2C3=O)cc1. The molecule has 244 valence electrons. The molecule has 2 aliphatic rings. The zero-order valence-corrected chi connectivity index (χ0v) is 27.9. The maximum atomic E-state index is 14.3. The first kappa shape index (κ1) is 31.5. The van der Waals surface area contributed by atoms with E-state index in [1.807, 2.05) is 86.7 Å². The Balaban J connectivity index is 1.36. The largest absolute Gasteiger partial charge is 0.454 e. The van der Waals surface area contributed by atoms with Gasteiger partial charge in [0.1, 0.15) is 11.5 Å². The number of hydrogen-bond acceptors (Lipinski definition) is 5. The summed E-state index contributed by atoms with van der Waals surface area (Å²) in [7, 11) is 0. The third-order valence-electron chi connectivity index (χ3n) is 9.42. The van der Waals surface area contributed by atoms with E-state index in [-0.39, 0.29) is 68.0 Å². The Kier molecular flexibility index (Phi) is 7.81. The quantitative estimate of drug-likeness (QED) is 0.166. The molecule has 5 nitrogen and oxygen atoms in total. The van der Waals surface area contributed by atoms with Crippen LogP contribution in [0.15, 0.2) is 121 Å². The minimum absolute atomic E-state index is 0.103. The molecular weight excluding hydrogens is 633 g/mol. The van der Waals surface area contributed by atoms with E-state index in [1.54, 1.807) is 72.8 Å². The maximum absolute atomic E-state index is 14.3. The van der Waals surface area contributed by atoms with Gasteiger partial charge in [-0.25, -0.2) is 0 Å². The average molecular weight is 663 g/mol. The summed E-state index contributed by atoms with van der Waals surface area (Å²) >= 11 is 0. The monoisotopic (exact) mass is 662 g/mol. The van der Waals surface area contributed by atoms with Crippen molar-refractivity contribution < 1.29 is 23.9 Å². The van der Waals surface area contributed by atoms with Crippen LogP contribution < -0.4 is 4.74 Å². The summed E-state index contributed by atoms with van der Waals surface area (Å²) in [5.41, 5.74) is 6.93. The van der Waals surface area contributed by atoms with Gasteiger partial charge in [0.2, 0.25) is 0 Å². The molecule has 0 amide bonds. The highest BCUT2D eigenvalue weighted by molar-refractivity contribution is 6.31. The van der Waals surface area contributed by atoms with E-state index in [0.717, 1.165) is 22.3 Å². The van der Waals surface area contributed by atoms with Crippen LogP contribution in [0.25, 0.3) is 24.3 Å². The lowest BCUT2D eigenvalue weighted by Gasteiger charge is -2.25. The second-order valence-corrected chi connectivity index (χ2v) is 12.8. The standard InChI is InChI=1S/C46H30O5/c1-27-11-15-29(16-12-27)19-21-31-23-25-37-39(43(49)35-9-5-3-7-33(35)41(37)47)45(31)51-46-32(22-20-30-17-13-28(2)14-18-30)24-26-38-40(46)44(50)36-10-6-4-8-34(36)42(38)48/h3-26H,1-2H3. The summed E-state index contributed by atoms with van der Waals surface area (Å²) in [5, 5.41) is 0. The maximum Gasteiger partial charge on any atom is 0.198 e. The molecule has 8 rings (SSSR count). The molecule has 0 saturated heterocycles. The predicted octanol–water partition coefficient (Wildman–Crippen LogP) is 9.99. The molecule has 51 heavy (non-hydrogen) atoms. The van der Waals surface area contributed by atoms with Crippen molar-refractivity contribution in [3.05, 3.63) is 199 Å². The molecule has 5 heteroatoms. The van der Waals surface area contributed by atoms with Crippen molar-refractivity contribution in [1.82, 2.24) is 0 Å². The van der Waals surface area contributed by atoms with Gasteiger partial charge in [0.25, 0.3) is 0 Å². The Morgan fingerprint density at radius 1 is 0.373 bits per heavy atom. The van der Waals surface area contributed by atoms with Crippen LogP contribution in [0, 0.1) is 13.8 Å². The average Bonchev–Trinajstić information content (AvgIpc) is 3.16.